The van der Waals surface area contributed by atoms with Crippen LogP contribution in [-0.4, -0.2) is 5.25 Å². The highest BCUT2D eigenvalue weighted by atomic mass is 32.2. The second-order valence-electron chi connectivity index (χ2n) is 18.2. The minimum atomic E-state index is -0.545. The minimum Gasteiger partial charge on any atom is -0.455 e. The van der Waals surface area contributed by atoms with E-state index < -0.39 is 5.41 Å². The Morgan fingerprint density at radius 1 is 0.456 bits per heavy atom. The molecule has 320 valence electrons. The second-order valence-corrected chi connectivity index (χ2v) is 19.4. The highest BCUT2D eigenvalue weighted by molar-refractivity contribution is 8.00. The molecule has 0 bridgehead atoms. The smallest absolute Gasteiger partial charge is 0.143 e. The third kappa shape index (κ3) is 5.73. The number of thioether (sulfide) groups is 1. The largest absolute Gasteiger partial charge is 0.455 e. The summed E-state index contributed by atoms with van der Waals surface area (Å²) in [6.45, 7) is 0. The van der Waals surface area contributed by atoms with Crippen molar-refractivity contribution in [3.63, 3.8) is 0 Å². The molecule has 0 fully saturated rings. The van der Waals surface area contributed by atoms with Crippen molar-refractivity contribution in [2.45, 2.75) is 21.5 Å². The van der Waals surface area contributed by atoms with Crippen LogP contribution in [0.15, 0.2) is 258 Å². The van der Waals surface area contributed by atoms with Crippen molar-refractivity contribution in [1.82, 2.24) is 0 Å². The summed E-state index contributed by atoms with van der Waals surface area (Å²) >= 11 is 1.99. The van der Waals surface area contributed by atoms with E-state index >= 15 is 0 Å². The van der Waals surface area contributed by atoms with Crippen LogP contribution in [0.1, 0.15) is 33.7 Å². The van der Waals surface area contributed by atoms with Crippen LogP contribution in [0.2, 0.25) is 0 Å². The Labute approximate surface area is 400 Å². The summed E-state index contributed by atoms with van der Waals surface area (Å²) in [5, 5.41) is 4.95. The molecule has 0 saturated heterocycles. The van der Waals surface area contributed by atoms with Gasteiger partial charge in [-0.05, 0) is 91.9 Å². The van der Waals surface area contributed by atoms with Gasteiger partial charge in [0, 0.05) is 49.0 Å². The zero-order valence-corrected chi connectivity index (χ0v) is 37.9. The van der Waals surface area contributed by atoms with Crippen molar-refractivity contribution >= 4 is 61.5 Å². The molecular weight excluding hydrogens is 843 g/mol. The molecule has 1 aliphatic heterocycles. The maximum atomic E-state index is 6.80. The summed E-state index contributed by atoms with van der Waals surface area (Å²) in [5.74, 6) is 0.406. The Hall–Kier alpha value is -8.11. The number of rotatable bonds is 7. The van der Waals surface area contributed by atoms with Crippen LogP contribution >= 0.6 is 11.8 Å². The van der Waals surface area contributed by atoms with Crippen LogP contribution in [0.3, 0.4) is 0 Å². The maximum Gasteiger partial charge on any atom is 0.143 e. The van der Waals surface area contributed by atoms with Gasteiger partial charge in [0.15, 0.2) is 0 Å². The summed E-state index contributed by atoms with van der Waals surface area (Å²) in [4.78, 5) is 3.91. The molecule has 2 nitrogen and oxygen atoms in total. The highest BCUT2D eigenvalue weighted by Crippen LogP contribution is 2.60. The number of fused-ring (bicyclic) bond motifs is 11. The summed E-state index contributed by atoms with van der Waals surface area (Å²) in [6, 6.07) is 82.8. The zero-order chi connectivity index (χ0) is 44.8. The fourth-order valence-electron chi connectivity index (χ4n) is 11.8. The van der Waals surface area contributed by atoms with E-state index in [9.17, 15) is 0 Å². The quantitative estimate of drug-likeness (QED) is 0.159. The molecule has 2 heterocycles. The van der Waals surface area contributed by atoms with Gasteiger partial charge < -0.3 is 9.32 Å². The fourth-order valence-corrected chi connectivity index (χ4v) is 13.3. The van der Waals surface area contributed by atoms with E-state index in [1.807, 2.05) is 11.8 Å². The zero-order valence-electron chi connectivity index (χ0n) is 37.1. The second kappa shape index (κ2) is 15.5. The number of allylic oxidation sites excluding steroid dienone is 3. The molecule has 3 heteroatoms. The summed E-state index contributed by atoms with van der Waals surface area (Å²) in [6.07, 6.45) is 9.11. The molecule has 2 unspecified atom stereocenters. The van der Waals surface area contributed by atoms with Gasteiger partial charge in [-0.15, -0.1) is 11.8 Å². The molecule has 2 aliphatic carbocycles. The molecule has 2 atom stereocenters. The normalized spacial score (nSPS) is 16.2. The molecule has 0 spiro atoms. The molecule has 0 saturated carbocycles. The van der Waals surface area contributed by atoms with Gasteiger partial charge in [0.1, 0.15) is 11.2 Å². The first kappa shape index (κ1) is 39.1. The highest BCUT2D eigenvalue weighted by Gasteiger charge is 2.47. The molecule has 68 heavy (non-hydrogen) atoms. The number of para-hydroxylation sites is 1. The number of furan rings is 1. The van der Waals surface area contributed by atoms with Gasteiger partial charge in [-0.25, -0.2) is 0 Å². The standard InChI is InChI=1S/C65H43NOS/c1-3-19-44(20-4-1)65(45-21-5-2-6-22-45)55-30-12-9-26-53(55)62-56(65)31-17-33-58(62)66(46-39-36-43(37-40-46)48-27-15-29-52-50-25-11-14-35-60(50)68-64(48)52)57-32-13-10-24-49(57)51-28-16-34-59-61(51)54-41-38-42-18-7-8-23-47(42)63(54)67-59/h1-41,50,60H. The maximum absolute atomic E-state index is 6.80. The predicted octanol–water partition coefficient (Wildman–Crippen LogP) is 17.6. The molecule has 14 rings (SSSR count). The van der Waals surface area contributed by atoms with E-state index in [1.54, 1.807) is 0 Å². The molecule has 1 aromatic heterocycles. The van der Waals surface area contributed by atoms with Crippen LogP contribution in [0, 0.1) is 0 Å². The molecule has 0 radical (unpaired) electrons. The van der Waals surface area contributed by atoms with Gasteiger partial charge in [0.2, 0.25) is 0 Å². The molecule has 11 aromatic rings. The first-order chi connectivity index (χ1) is 33.8. The summed E-state index contributed by atoms with van der Waals surface area (Å²) in [7, 11) is 0. The monoisotopic (exact) mass is 885 g/mol. The van der Waals surface area contributed by atoms with E-state index in [1.165, 1.54) is 60.4 Å². The first-order valence-corrected chi connectivity index (χ1v) is 24.5. The lowest BCUT2D eigenvalue weighted by atomic mass is 9.68. The van der Waals surface area contributed by atoms with E-state index in [-0.39, 0.29) is 0 Å². The van der Waals surface area contributed by atoms with E-state index in [0.717, 1.165) is 55.5 Å². The van der Waals surface area contributed by atoms with Gasteiger partial charge in [-0.2, -0.15) is 0 Å². The van der Waals surface area contributed by atoms with Crippen molar-refractivity contribution in [3.8, 4) is 33.4 Å². The number of hydrogen-bond donors (Lipinski definition) is 0. The van der Waals surface area contributed by atoms with Crippen LogP contribution in [0.25, 0.3) is 66.1 Å². The topological polar surface area (TPSA) is 16.4 Å². The average molecular weight is 886 g/mol. The van der Waals surface area contributed by atoms with Crippen molar-refractivity contribution in [1.29, 1.82) is 0 Å². The van der Waals surface area contributed by atoms with Crippen molar-refractivity contribution in [2.75, 3.05) is 4.90 Å². The van der Waals surface area contributed by atoms with E-state index in [2.05, 4.69) is 254 Å². The van der Waals surface area contributed by atoms with Crippen molar-refractivity contribution in [3.05, 3.63) is 277 Å². The van der Waals surface area contributed by atoms with Gasteiger partial charge in [0.05, 0.1) is 16.8 Å². The van der Waals surface area contributed by atoms with Crippen LogP contribution in [0.4, 0.5) is 17.1 Å². The van der Waals surface area contributed by atoms with Gasteiger partial charge in [-0.3, -0.25) is 0 Å². The third-order valence-electron chi connectivity index (χ3n) is 14.7. The first-order valence-electron chi connectivity index (χ1n) is 23.6. The number of hydrogen-bond acceptors (Lipinski definition) is 3. The third-order valence-corrected chi connectivity index (χ3v) is 16.1. The number of nitrogens with zero attached hydrogens (tertiary/aromatic N) is 1. The van der Waals surface area contributed by atoms with Crippen molar-refractivity contribution in [2.24, 2.45) is 0 Å². The summed E-state index contributed by atoms with van der Waals surface area (Å²) in [5.41, 5.74) is 18.2. The molecule has 0 N–H and O–H groups in total. The fraction of sp³-hybridized carbons (Fsp3) is 0.0462. The Bertz CT molecular complexity index is 3810. The van der Waals surface area contributed by atoms with E-state index in [4.69, 9.17) is 4.42 Å². The lowest BCUT2D eigenvalue weighted by Crippen LogP contribution is -2.28. The van der Waals surface area contributed by atoms with E-state index in [0.29, 0.717) is 11.2 Å². The molecule has 10 aromatic carbocycles. The Morgan fingerprint density at radius 3 is 1.94 bits per heavy atom. The number of anilines is 3. The number of benzene rings is 10. The van der Waals surface area contributed by atoms with Gasteiger partial charge in [-0.1, -0.05) is 212 Å². The lowest BCUT2D eigenvalue weighted by Gasteiger charge is -2.34. The molecule has 0 amide bonds. The van der Waals surface area contributed by atoms with Gasteiger partial charge >= 0.3 is 0 Å². The average Bonchev–Trinajstić information content (AvgIpc) is 4.09. The molecule has 3 aliphatic rings. The SMILES string of the molecule is C1=CC2Sc3c(-c4ccc(N(c5ccccc5-c5cccc6oc7c8ccccc8ccc7c56)c5cccc6c5-c5ccccc5C6(c5ccccc5)c5ccccc5)cc4)cccc3C2C=C1. The lowest BCUT2D eigenvalue weighted by molar-refractivity contribution is 0.673. The Kier molecular flexibility index (Phi) is 8.90. The van der Waals surface area contributed by atoms with Crippen LogP contribution < -0.4 is 4.90 Å². The van der Waals surface area contributed by atoms with Crippen molar-refractivity contribution < 1.29 is 4.42 Å². The summed E-state index contributed by atoms with van der Waals surface area (Å²) < 4.78 is 6.80. The Morgan fingerprint density at radius 2 is 1.10 bits per heavy atom. The van der Waals surface area contributed by atoms with Gasteiger partial charge in [0.25, 0.3) is 0 Å². The van der Waals surface area contributed by atoms with Crippen LogP contribution in [0.5, 0.6) is 0 Å². The van der Waals surface area contributed by atoms with Crippen LogP contribution in [-0.2, 0) is 5.41 Å². The predicted molar refractivity (Wildman–Crippen MR) is 285 cm³/mol. The molecular formula is C65H43NOS. The Balaban J connectivity index is 1.02. The minimum absolute atomic E-state index is 0.406.